The van der Waals surface area contributed by atoms with Crippen LogP contribution in [0.25, 0.3) is 21.9 Å². The molecule has 4 aromatic rings. The summed E-state index contributed by atoms with van der Waals surface area (Å²) in [7, 11) is 1.65. The number of hydrogen-bond donors (Lipinski definition) is 2. The summed E-state index contributed by atoms with van der Waals surface area (Å²) in [6.07, 6.45) is 1.16. The monoisotopic (exact) mass is 486 g/mol. The van der Waals surface area contributed by atoms with Gasteiger partial charge in [-0.1, -0.05) is 72.8 Å². The molecular weight excluding hydrogens is 456 g/mol. The van der Waals surface area contributed by atoms with Crippen molar-refractivity contribution >= 4 is 29.1 Å². The molecule has 1 fully saturated rings. The molecule has 5 heteroatoms. The number of carbonyl (C=O) groups is 1. The lowest BCUT2D eigenvalue weighted by Crippen LogP contribution is -2.41. The highest BCUT2D eigenvalue weighted by Crippen LogP contribution is 2.31. The first kappa shape index (κ1) is 24.9. The Labute approximate surface area is 213 Å². The molecule has 1 saturated heterocycles. The normalized spacial score (nSPS) is 17.5. The third kappa shape index (κ3) is 5.73. The van der Waals surface area contributed by atoms with E-state index in [9.17, 15) is 4.79 Å². The maximum absolute atomic E-state index is 11.9. The van der Waals surface area contributed by atoms with Crippen LogP contribution < -0.4 is 10.6 Å². The van der Waals surface area contributed by atoms with E-state index in [2.05, 4.69) is 77.4 Å². The Morgan fingerprint density at radius 3 is 2.51 bits per heavy atom. The minimum absolute atomic E-state index is 0. The van der Waals surface area contributed by atoms with Gasteiger partial charge in [0.2, 0.25) is 0 Å². The highest BCUT2D eigenvalue weighted by atomic mass is 35.5. The molecule has 2 atom stereocenters. The van der Waals surface area contributed by atoms with E-state index in [1.54, 1.807) is 7.05 Å². The predicted octanol–water partition coefficient (Wildman–Crippen LogP) is 5.95. The third-order valence-corrected chi connectivity index (χ3v) is 6.73. The van der Waals surface area contributed by atoms with E-state index in [4.69, 9.17) is 4.74 Å². The number of nitrogens with one attached hydrogen (secondary N) is 2. The van der Waals surface area contributed by atoms with E-state index < -0.39 is 0 Å². The van der Waals surface area contributed by atoms with E-state index in [-0.39, 0.29) is 24.4 Å². The van der Waals surface area contributed by atoms with Crippen molar-refractivity contribution in [3.05, 3.63) is 108 Å². The van der Waals surface area contributed by atoms with Crippen molar-refractivity contribution in [3.8, 4) is 11.1 Å². The molecule has 0 bridgehead atoms. The Hall–Kier alpha value is -3.18. The maximum atomic E-state index is 11.9. The van der Waals surface area contributed by atoms with Crippen molar-refractivity contribution in [2.24, 2.45) is 0 Å². The van der Waals surface area contributed by atoms with Gasteiger partial charge in [-0.15, -0.1) is 12.4 Å². The highest BCUT2D eigenvalue weighted by Gasteiger charge is 2.27. The van der Waals surface area contributed by atoms with Gasteiger partial charge in [0.05, 0.1) is 12.7 Å². The predicted molar refractivity (Wildman–Crippen MR) is 145 cm³/mol. The third-order valence-electron chi connectivity index (χ3n) is 6.73. The number of halogens is 1. The lowest BCUT2D eigenvalue weighted by molar-refractivity contribution is 0.0107. The number of amides is 1. The van der Waals surface area contributed by atoms with Gasteiger partial charge in [-0.05, 0) is 64.2 Å². The molecule has 1 aliphatic heterocycles. The topological polar surface area (TPSA) is 50.4 Å². The van der Waals surface area contributed by atoms with Crippen LogP contribution in [0.2, 0.25) is 0 Å². The molecule has 180 valence electrons. The van der Waals surface area contributed by atoms with Crippen molar-refractivity contribution in [1.29, 1.82) is 0 Å². The molecule has 0 aliphatic carbocycles. The van der Waals surface area contributed by atoms with Crippen molar-refractivity contribution in [2.75, 3.05) is 20.1 Å². The number of piperidine rings is 1. The Morgan fingerprint density at radius 1 is 0.914 bits per heavy atom. The lowest BCUT2D eigenvalue weighted by atomic mass is 9.86. The zero-order valence-corrected chi connectivity index (χ0v) is 20.7. The number of carbonyl (C=O) groups excluding carboxylic acids is 1. The Kier molecular flexibility index (Phi) is 8.19. The van der Waals surface area contributed by atoms with Gasteiger partial charge in [-0.3, -0.25) is 4.79 Å². The quantitative estimate of drug-likeness (QED) is 0.354. The molecule has 5 rings (SSSR count). The van der Waals surface area contributed by atoms with Crippen LogP contribution in [0.3, 0.4) is 0 Å². The van der Waals surface area contributed by atoms with Crippen LogP contribution in [-0.4, -0.2) is 32.1 Å². The van der Waals surface area contributed by atoms with Crippen molar-refractivity contribution in [3.63, 3.8) is 0 Å². The van der Waals surface area contributed by atoms with E-state index in [1.165, 1.54) is 21.9 Å². The van der Waals surface area contributed by atoms with Gasteiger partial charge in [0.15, 0.2) is 0 Å². The summed E-state index contributed by atoms with van der Waals surface area (Å²) in [5, 5.41) is 8.68. The minimum Gasteiger partial charge on any atom is -0.372 e. The van der Waals surface area contributed by atoms with Crippen LogP contribution in [-0.2, 0) is 11.3 Å². The lowest BCUT2D eigenvalue weighted by Gasteiger charge is -2.33. The number of rotatable bonds is 6. The number of hydrogen-bond acceptors (Lipinski definition) is 3. The molecular formula is C30H31ClN2O2. The molecule has 4 nitrogen and oxygen atoms in total. The molecule has 4 aromatic carbocycles. The molecule has 2 N–H and O–H groups in total. The summed E-state index contributed by atoms with van der Waals surface area (Å²) < 4.78 is 6.48. The summed E-state index contributed by atoms with van der Waals surface area (Å²) >= 11 is 0. The van der Waals surface area contributed by atoms with Gasteiger partial charge in [0, 0.05) is 25.1 Å². The van der Waals surface area contributed by atoms with Gasteiger partial charge < -0.3 is 15.4 Å². The van der Waals surface area contributed by atoms with E-state index in [0.717, 1.165) is 30.6 Å². The molecule has 1 aliphatic rings. The van der Waals surface area contributed by atoms with E-state index >= 15 is 0 Å². The largest absolute Gasteiger partial charge is 0.372 e. The van der Waals surface area contributed by atoms with Crippen LogP contribution in [0, 0.1) is 0 Å². The average molecular weight is 487 g/mol. The van der Waals surface area contributed by atoms with Gasteiger partial charge in [0.25, 0.3) is 5.91 Å². The van der Waals surface area contributed by atoms with Crippen LogP contribution in [0.4, 0.5) is 0 Å². The van der Waals surface area contributed by atoms with Crippen LogP contribution in [0.15, 0.2) is 91.0 Å². The Balaban J connectivity index is 0.00000289. The second-order valence-electron chi connectivity index (χ2n) is 8.91. The summed E-state index contributed by atoms with van der Waals surface area (Å²) in [6, 6.07) is 31.5. The summed E-state index contributed by atoms with van der Waals surface area (Å²) in [4.78, 5) is 11.9. The zero-order chi connectivity index (χ0) is 23.3. The first-order valence-corrected chi connectivity index (χ1v) is 11.9. The number of fused-ring (bicyclic) bond motifs is 1. The minimum atomic E-state index is -0.0681. The average Bonchev–Trinajstić information content (AvgIpc) is 2.91. The number of benzene rings is 4. The van der Waals surface area contributed by atoms with Gasteiger partial charge in [0.1, 0.15) is 0 Å². The summed E-state index contributed by atoms with van der Waals surface area (Å²) in [5.74, 6) is 0.271. The van der Waals surface area contributed by atoms with Crippen molar-refractivity contribution in [1.82, 2.24) is 10.6 Å². The Morgan fingerprint density at radius 2 is 1.71 bits per heavy atom. The first-order valence-electron chi connectivity index (χ1n) is 11.9. The second kappa shape index (κ2) is 11.5. The smallest absolute Gasteiger partial charge is 0.251 e. The molecule has 35 heavy (non-hydrogen) atoms. The molecule has 0 aromatic heterocycles. The fraction of sp³-hybridized carbons (Fsp3) is 0.233. The molecule has 1 heterocycles. The number of ether oxygens (including phenoxy) is 1. The Bertz CT molecular complexity index is 1290. The zero-order valence-electron chi connectivity index (χ0n) is 19.9. The second-order valence-corrected chi connectivity index (χ2v) is 8.91. The van der Waals surface area contributed by atoms with Crippen molar-refractivity contribution < 1.29 is 9.53 Å². The molecule has 0 radical (unpaired) electrons. The fourth-order valence-electron chi connectivity index (χ4n) is 4.83. The van der Waals surface area contributed by atoms with Crippen LogP contribution in [0.1, 0.15) is 33.8 Å². The van der Waals surface area contributed by atoms with Crippen LogP contribution >= 0.6 is 12.4 Å². The maximum Gasteiger partial charge on any atom is 0.251 e. The van der Waals surface area contributed by atoms with E-state index in [1.807, 2.05) is 24.3 Å². The molecule has 1 amide bonds. The van der Waals surface area contributed by atoms with Crippen molar-refractivity contribution in [2.45, 2.75) is 25.0 Å². The summed E-state index contributed by atoms with van der Waals surface area (Å²) in [6.45, 7) is 2.45. The van der Waals surface area contributed by atoms with Gasteiger partial charge in [-0.2, -0.15) is 0 Å². The summed E-state index contributed by atoms with van der Waals surface area (Å²) in [5.41, 5.74) is 5.44. The standard InChI is InChI=1S/C30H30N2O2.ClH/c1-31-30(33)24-13-11-23(12-14-24)26-7-4-8-27(18-26)28-15-16-32-19-29(28)34-20-21-9-10-22-5-2-3-6-25(22)17-21;/h2-14,17-18,28-29,32H,15-16,19-20H2,1H3,(H,31,33);1H/t28-,29+;/m1./s1. The van der Waals surface area contributed by atoms with Gasteiger partial charge in [-0.25, -0.2) is 0 Å². The molecule has 0 saturated carbocycles. The highest BCUT2D eigenvalue weighted by molar-refractivity contribution is 5.94. The fourth-order valence-corrected chi connectivity index (χ4v) is 4.83. The SMILES string of the molecule is CNC(=O)c1ccc(-c2cccc([C@H]3CCNC[C@@H]3OCc3ccc4ccccc4c3)c2)cc1.Cl. The van der Waals surface area contributed by atoms with E-state index in [0.29, 0.717) is 18.1 Å². The first-order chi connectivity index (χ1) is 16.7. The molecule has 0 unspecified atom stereocenters. The molecule has 0 spiro atoms. The van der Waals surface area contributed by atoms with Crippen LogP contribution in [0.5, 0.6) is 0 Å². The van der Waals surface area contributed by atoms with Gasteiger partial charge >= 0.3 is 0 Å².